The molecule has 0 bridgehead atoms. The van der Waals surface area contributed by atoms with Crippen molar-refractivity contribution in [3.8, 4) is 0 Å². The monoisotopic (exact) mass is 325 g/mol. The molecule has 7 heteroatoms. The van der Waals surface area contributed by atoms with Gasteiger partial charge in [0.25, 0.3) is 0 Å². The van der Waals surface area contributed by atoms with Gasteiger partial charge in [-0.1, -0.05) is 29.8 Å². The van der Waals surface area contributed by atoms with Crippen LogP contribution < -0.4 is 11.1 Å². The molecule has 2 rings (SSSR count). The Kier molecular flexibility index (Phi) is 5.20. The zero-order chi connectivity index (χ0) is 16.3. The second kappa shape index (κ2) is 6.76. The Labute approximate surface area is 131 Å². The quantitative estimate of drug-likeness (QED) is 0.845. The second-order valence-corrected chi connectivity index (χ2v) is 7.82. The molecule has 6 nitrogen and oxygen atoms in total. The third kappa shape index (κ3) is 4.28. The van der Waals surface area contributed by atoms with Gasteiger partial charge >= 0.3 is 0 Å². The minimum Gasteiger partial charge on any atom is -0.352 e. The van der Waals surface area contributed by atoms with Crippen molar-refractivity contribution in [3.05, 3.63) is 35.4 Å². The van der Waals surface area contributed by atoms with Gasteiger partial charge in [-0.15, -0.1) is 0 Å². The first-order valence-corrected chi connectivity index (χ1v) is 9.20. The topological polar surface area (TPSA) is 92.5 Å². The van der Waals surface area contributed by atoms with Gasteiger partial charge in [-0.3, -0.25) is 4.79 Å². The highest BCUT2D eigenvalue weighted by Crippen LogP contribution is 2.16. The van der Waals surface area contributed by atoms with Gasteiger partial charge in [-0.2, -0.15) is 0 Å². The fraction of sp³-hybridized carbons (Fsp3) is 0.533. The number of hydrogen-bond donors (Lipinski definition) is 2. The van der Waals surface area contributed by atoms with Gasteiger partial charge in [0.1, 0.15) is 6.04 Å². The summed E-state index contributed by atoms with van der Waals surface area (Å²) in [6.45, 7) is 2.85. The van der Waals surface area contributed by atoms with Crippen molar-refractivity contribution >= 4 is 15.9 Å². The molecule has 3 N–H and O–H groups in total. The highest BCUT2D eigenvalue weighted by molar-refractivity contribution is 7.88. The number of carbonyl (C=O) groups is 1. The standard InChI is InChI=1S/C15H23N3O3S/c1-11-3-5-12(6-4-11)14(16)15(19)17-13-7-9-18(10-8-13)22(2,20)21/h3-6,13-14H,7-10,16H2,1-2H3,(H,17,19). The van der Waals surface area contributed by atoms with Crippen molar-refractivity contribution in [2.75, 3.05) is 19.3 Å². The van der Waals surface area contributed by atoms with Gasteiger partial charge in [0.15, 0.2) is 0 Å². The van der Waals surface area contributed by atoms with Crippen LogP contribution in [-0.2, 0) is 14.8 Å². The summed E-state index contributed by atoms with van der Waals surface area (Å²) in [6.07, 6.45) is 2.43. The van der Waals surface area contributed by atoms with Crippen LogP contribution >= 0.6 is 0 Å². The Morgan fingerprint density at radius 1 is 1.27 bits per heavy atom. The summed E-state index contributed by atoms with van der Waals surface area (Å²) in [5.74, 6) is -0.221. The second-order valence-electron chi connectivity index (χ2n) is 5.83. The molecule has 1 aliphatic rings. The molecule has 1 atom stereocenters. The predicted octanol–water partition coefficient (Wildman–Crippen LogP) is 0.535. The van der Waals surface area contributed by atoms with Crippen LogP contribution in [0.25, 0.3) is 0 Å². The van der Waals surface area contributed by atoms with Crippen molar-refractivity contribution in [2.45, 2.75) is 31.8 Å². The van der Waals surface area contributed by atoms with Crippen molar-refractivity contribution in [3.63, 3.8) is 0 Å². The van der Waals surface area contributed by atoms with Gasteiger partial charge in [0.2, 0.25) is 15.9 Å². The van der Waals surface area contributed by atoms with E-state index >= 15 is 0 Å². The molecule has 1 amide bonds. The van der Waals surface area contributed by atoms with Crippen LogP contribution in [0.1, 0.15) is 30.0 Å². The molecule has 122 valence electrons. The number of carbonyl (C=O) groups excluding carboxylic acids is 1. The summed E-state index contributed by atoms with van der Waals surface area (Å²) in [7, 11) is -3.15. The maximum atomic E-state index is 12.2. The van der Waals surface area contributed by atoms with E-state index in [1.54, 1.807) is 0 Å². The summed E-state index contributed by atoms with van der Waals surface area (Å²) < 4.78 is 24.3. The SMILES string of the molecule is Cc1ccc(C(N)C(=O)NC2CCN(S(C)(=O)=O)CC2)cc1. The van der Waals surface area contributed by atoms with E-state index < -0.39 is 16.1 Å². The lowest BCUT2D eigenvalue weighted by atomic mass is 10.0. The van der Waals surface area contributed by atoms with Crippen LogP contribution in [0.5, 0.6) is 0 Å². The van der Waals surface area contributed by atoms with E-state index in [4.69, 9.17) is 5.73 Å². The Morgan fingerprint density at radius 3 is 2.32 bits per heavy atom. The first kappa shape index (κ1) is 16.9. The van der Waals surface area contributed by atoms with E-state index in [9.17, 15) is 13.2 Å². The zero-order valence-corrected chi connectivity index (χ0v) is 13.8. The minimum absolute atomic E-state index is 0.0259. The maximum Gasteiger partial charge on any atom is 0.241 e. The fourth-order valence-corrected chi connectivity index (χ4v) is 3.42. The molecule has 1 aromatic rings. The van der Waals surface area contributed by atoms with Gasteiger partial charge in [0.05, 0.1) is 6.26 Å². The Bertz CT molecular complexity index is 620. The molecule has 0 aliphatic carbocycles. The third-order valence-corrected chi connectivity index (χ3v) is 5.29. The van der Waals surface area contributed by atoms with E-state index in [1.165, 1.54) is 10.6 Å². The summed E-state index contributed by atoms with van der Waals surface area (Å²) in [4.78, 5) is 12.2. The van der Waals surface area contributed by atoms with Gasteiger partial charge < -0.3 is 11.1 Å². The van der Waals surface area contributed by atoms with Crippen molar-refractivity contribution in [1.82, 2.24) is 9.62 Å². The minimum atomic E-state index is -3.15. The summed E-state index contributed by atoms with van der Waals surface area (Å²) in [5.41, 5.74) is 7.87. The van der Waals surface area contributed by atoms with Gasteiger partial charge in [-0.25, -0.2) is 12.7 Å². The van der Waals surface area contributed by atoms with Crippen LogP contribution in [-0.4, -0.2) is 44.0 Å². The number of nitrogens with two attached hydrogens (primary N) is 1. The largest absolute Gasteiger partial charge is 0.352 e. The predicted molar refractivity (Wildman–Crippen MR) is 85.7 cm³/mol. The molecular formula is C15H23N3O3S. The Balaban J connectivity index is 1.89. The molecule has 1 saturated heterocycles. The molecule has 0 aromatic heterocycles. The van der Waals surface area contributed by atoms with Crippen LogP contribution in [0.3, 0.4) is 0 Å². The van der Waals surface area contributed by atoms with E-state index in [1.807, 2.05) is 31.2 Å². The van der Waals surface area contributed by atoms with Gasteiger partial charge in [-0.05, 0) is 25.3 Å². The Morgan fingerprint density at radius 2 is 1.82 bits per heavy atom. The number of benzene rings is 1. The molecule has 1 unspecified atom stereocenters. The van der Waals surface area contributed by atoms with Gasteiger partial charge in [0, 0.05) is 19.1 Å². The van der Waals surface area contributed by atoms with Crippen LogP contribution in [0.4, 0.5) is 0 Å². The fourth-order valence-electron chi connectivity index (χ4n) is 2.55. The Hall–Kier alpha value is -1.44. The van der Waals surface area contributed by atoms with Crippen LogP contribution in [0.15, 0.2) is 24.3 Å². The molecule has 1 aliphatic heterocycles. The molecule has 0 radical (unpaired) electrons. The number of piperidine rings is 1. The average Bonchev–Trinajstić information content (AvgIpc) is 2.47. The number of aryl methyl sites for hydroxylation is 1. The molecule has 1 fully saturated rings. The summed E-state index contributed by atoms with van der Waals surface area (Å²) >= 11 is 0. The normalized spacial score (nSPS) is 18.9. The van der Waals surface area contributed by atoms with Crippen molar-refractivity contribution in [1.29, 1.82) is 0 Å². The molecule has 22 heavy (non-hydrogen) atoms. The number of amides is 1. The highest BCUT2D eigenvalue weighted by atomic mass is 32.2. The first-order valence-electron chi connectivity index (χ1n) is 7.35. The smallest absolute Gasteiger partial charge is 0.241 e. The number of rotatable bonds is 4. The van der Waals surface area contributed by atoms with Crippen molar-refractivity contribution < 1.29 is 13.2 Å². The highest BCUT2D eigenvalue weighted by Gasteiger charge is 2.27. The lowest BCUT2D eigenvalue weighted by Gasteiger charge is -2.31. The zero-order valence-electron chi connectivity index (χ0n) is 13.0. The molecule has 1 aromatic carbocycles. The third-order valence-electron chi connectivity index (χ3n) is 3.99. The average molecular weight is 325 g/mol. The maximum absolute atomic E-state index is 12.2. The summed E-state index contributed by atoms with van der Waals surface area (Å²) in [6, 6.07) is 6.83. The van der Waals surface area contributed by atoms with E-state index in [0.717, 1.165) is 11.1 Å². The number of nitrogens with zero attached hydrogens (tertiary/aromatic N) is 1. The molecule has 1 heterocycles. The lowest BCUT2D eigenvalue weighted by molar-refractivity contribution is -0.123. The summed E-state index contributed by atoms with van der Waals surface area (Å²) in [5, 5.41) is 2.92. The van der Waals surface area contributed by atoms with Crippen molar-refractivity contribution in [2.24, 2.45) is 5.73 Å². The van der Waals surface area contributed by atoms with E-state index in [2.05, 4.69) is 5.32 Å². The molecule has 0 saturated carbocycles. The lowest BCUT2D eigenvalue weighted by Crippen LogP contribution is -2.48. The molecule has 0 spiro atoms. The molecular weight excluding hydrogens is 302 g/mol. The first-order chi connectivity index (χ1) is 10.3. The van der Waals surface area contributed by atoms with E-state index in [-0.39, 0.29) is 11.9 Å². The van der Waals surface area contributed by atoms with E-state index in [0.29, 0.717) is 25.9 Å². The number of nitrogens with one attached hydrogen (secondary N) is 1. The van der Waals surface area contributed by atoms with Crippen LogP contribution in [0, 0.1) is 6.92 Å². The van der Waals surface area contributed by atoms with Crippen LogP contribution in [0.2, 0.25) is 0 Å². The number of sulfonamides is 1. The number of hydrogen-bond acceptors (Lipinski definition) is 4.